The van der Waals surface area contributed by atoms with Gasteiger partial charge >= 0.3 is 5.97 Å². The molecule has 0 radical (unpaired) electrons. The van der Waals surface area contributed by atoms with E-state index in [-0.39, 0.29) is 52.7 Å². The molecule has 0 bridgehead atoms. The molecule has 0 aromatic heterocycles. The number of ketones is 1. The standard InChI is InChI=1S/C31H54N2O4S2/c1-13-28(9)17-24(36-21-26(34)22(5)6)18-29(10,14-2)32(28)38-39-33-30(11,15-3)19-25(20-31(33,12)16-4)37-27(35)23(7)8/h24-25H,5,7,13-21H2,1-4,6,8-12H3. The summed E-state index contributed by atoms with van der Waals surface area (Å²) in [6.45, 7) is 29.4. The van der Waals surface area contributed by atoms with Crippen molar-refractivity contribution in [1.29, 1.82) is 0 Å². The number of Topliss-reactive ketones (excluding diaryl/α,β-unsaturated/α-hetero) is 1. The minimum atomic E-state index is -0.292. The number of nitrogens with zero attached hydrogens (tertiary/aromatic N) is 2. The van der Waals surface area contributed by atoms with E-state index in [4.69, 9.17) is 9.47 Å². The summed E-state index contributed by atoms with van der Waals surface area (Å²) in [5, 5.41) is 0. The van der Waals surface area contributed by atoms with Crippen molar-refractivity contribution in [3.8, 4) is 0 Å². The molecule has 0 spiro atoms. The van der Waals surface area contributed by atoms with Gasteiger partial charge in [-0.05, 0) is 85.6 Å². The van der Waals surface area contributed by atoms with E-state index in [1.807, 2.05) is 22.0 Å². The molecule has 0 N–H and O–H groups in total. The first kappa shape index (κ1) is 34.4. The number of piperidine rings is 2. The molecule has 0 aromatic rings. The molecule has 39 heavy (non-hydrogen) atoms. The minimum Gasteiger partial charge on any atom is -0.459 e. The smallest absolute Gasteiger partial charge is 0.333 e. The van der Waals surface area contributed by atoms with Crippen LogP contribution < -0.4 is 0 Å². The molecule has 0 amide bonds. The molecule has 2 saturated heterocycles. The zero-order valence-electron chi connectivity index (χ0n) is 26.3. The molecule has 8 heteroatoms. The van der Waals surface area contributed by atoms with E-state index in [2.05, 4.69) is 77.2 Å². The summed E-state index contributed by atoms with van der Waals surface area (Å²) in [5.74, 6) is -0.311. The van der Waals surface area contributed by atoms with Gasteiger partial charge in [-0.25, -0.2) is 13.4 Å². The maximum absolute atomic E-state index is 12.4. The molecular weight excluding hydrogens is 528 g/mol. The van der Waals surface area contributed by atoms with Crippen molar-refractivity contribution in [3.63, 3.8) is 0 Å². The van der Waals surface area contributed by atoms with Crippen molar-refractivity contribution in [1.82, 2.24) is 8.61 Å². The van der Waals surface area contributed by atoms with Gasteiger partial charge in [0.25, 0.3) is 0 Å². The number of carbonyl (C=O) groups excluding carboxylic acids is 2. The molecule has 4 unspecified atom stereocenters. The molecule has 0 aliphatic carbocycles. The van der Waals surface area contributed by atoms with Crippen molar-refractivity contribution in [3.05, 3.63) is 24.3 Å². The molecule has 2 heterocycles. The van der Waals surface area contributed by atoms with Gasteiger partial charge in [0.1, 0.15) is 12.7 Å². The lowest BCUT2D eigenvalue weighted by molar-refractivity contribution is -0.152. The number of carbonyl (C=O) groups is 2. The Morgan fingerprint density at radius 3 is 1.38 bits per heavy atom. The summed E-state index contributed by atoms with van der Waals surface area (Å²) in [4.78, 5) is 24.6. The van der Waals surface area contributed by atoms with E-state index in [9.17, 15) is 9.59 Å². The fourth-order valence-electron chi connectivity index (χ4n) is 6.09. The van der Waals surface area contributed by atoms with Gasteiger partial charge in [-0.2, -0.15) is 0 Å². The highest BCUT2D eigenvalue weighted by molar-refractivity contribution is 8.74. The van der Waals surface area contributed by atoms with E-state index in [0.717, 1.165) is 51.4 Å². The molecule has 6 nitrogen and oxygen atoms in total. The Morgan fingerprint density at radius 2 is 1.08 bits per heavy atom. The monoisotopic (exact) mass is 582 g/mol. The lowest BCUT2D eigenvalue weighted by Gasteiger charge is -2.59. The fourth-order valence-corrected chi connectivity index (χ4v) is 10.3. The summed E-state index contributed by atoms with van der Waals surface area (Å²) in [7, 11) is 3.74. The van der Waals surface area contributed by atoms with Crippen molar-refractivity contribution in [2.45, 2.75) is 155 Å². The summed E-state index contributed by atoms with van der Waals surface area (Å²) >= 11 is 0. The van der Waals surface area contributed by atoms with Crippen LogP contribution in [0.5, 0.6) is 0 Å². The maximum Gasteiger partial charge on any atom is 0.333 e. The van der Waals surface area contributed by atoms with Crippen LogP contribution in [0, 0.1) is 0 Å². The maximum atomic E-state index is 12.4. The topological polar surface area (TPSA) is 59.1 Å². The number of hydrogen-bond donors (Lipinski definition) is 0. The third-order valence-electron chi connectivity index (χ3n) is 9.41. The van der Waals surface area contributed by atoms with Crippen molar-refractivity contribution in [2.75, 3.05) is 6.61 Å². The first-order chi connectivity index (χ1) is 18.0. The van der Waals surface area contributed by atoms with Crippen molar-refractivity contribution in [2.24, 2.45) is 0 Å². The van der Waals surface area contributed by atoms with Gasteiger partial charge in [0.05, 0.1) is 6.10 Å². The van der Waals surface area contributed by atoms with Gasteiger partial charge < -0.3 is 9.47 Å². The Bertz CT molecular complexity index is 888. The zero-order valence-corrected chi connectivity index (χ0v) is 27.9. The highest BCUT2D eigenvalue weighted by Crippen LogP contribution is 2.56. The number of ether oxygens (including phenoxy) is 2. The molecule has 0 saturated carbocycles. The molecule has 2 aliphatic heterocycles. The van der Waals surface area contributed by atoms with Gasteiger partial charge in [0.15, 0.2) is 5.78 Å². The van der Waals surface area contributed by atoms with Crippen LogP contribution in [-0.4, -0.2) is 61.3 Å². The highest BCUT2D eigenvalue weighted by atomic mass is 33.1. The molecule has 0 aromatic carbocycles. The van der Waals surface area contributed by atoms with Crippen LogP contribution in [0.1, 0.15) is 121 Å². The summed E-state index contributed by atoms with van der Waals surface area (Å²) in [5.41, 5.74) is 0.572. The van der Waals surface area contributed by atoms with E-state index in [0.29, 0.717) is 11.1 Å². The van der Waals surface area contributed by atoms with Crippen molar-refractivity contribution >= 4 is 33.7 Å². The normalized spacial score (nSPS) is 35.9. The van der Waals surface area contributed by atoms with Crippen LogP contribution in [0.15, 0.2) is 24.3 Å². The predicted molar refractivity (Wildman–Crippen MR) is 166 cm³/mol. The molecule has 2 rings (SSSR count). The van der Waals surface area contributed by atoms with E-state index >= 15 is 0 Å². The van der Waals surface area contributed by atoms with Gasteiger partial charge in [0.2, 0.25) is 0 Å². The van der Waals surface area contributed by atoms with E-state index in [1.165, 1.54) is 0 Å². The fraction of sp³-hybridized carbons (Fsp3) is 0.806. The van der Waals surface area contributed by atoms with Gasteiger partial charge in [-0.3, -0.25) is 4.79 Å². The zero-order chi connectivity index (χ0) is 29.8. The van der Waals surface area contributed by atoms with Gasteiger partial charge in [0, 0.05) is 62.5 Å². The summed E-state index contributed by atoms with van der Waals surface area (Å²) in [6.07, 6.45) is 7.16. The number of rotatable bonds is 13. The Balaban J connectivity index is 2.29. The lowest BCUT2D eigenvalue weighted by atomic mass is 9.76. The number of esters is 1. The molecule has 2 fully saturated rings. The first-order valence-electron chi connectivity index (χ1n) is 14.6. The second kappa shape index (κ2) is 13.5. The first-order valence-corrected chi connectivity index (χ1v) is 16.7. The van der Waals surface area contributed by atoms with Crippen molar-refractivity contribution < 1.29 is 19.1 Å². The third-order valence-corrected chi connectivity index (χ3v) is 12.6. The lowest BCUT2D eigenvalue weighted by Crippen LogP contribution is -2.63. The molecule has 2 aliphatic rings. The van der Waals surface area contributed by atoms with Crippen LogP contribution >= 0.6 is 22.0 Å². The largest absolute Gasteiger partial charge is 0.459 e. The Labute approximate surface area is 246 Å². The van der Waals surface area contributed by atoms with Crippen LogP contribution in [0.4, 0.5) is 0 Å². The quantitative estimate of drug-likeness (QED) is 0.0935. The van der Waals surface area contributed by atoms with Crippen LogP contribution in [-0.2, 0) is 19.1 Å². The average Bonchev–Trinajstić information content (AvgIpc) is 2.87. The van der Waals surface area contributed by atoms with E-state index in [1.54, 1.807) is 13.8 Å². The third kappa shape index (κ3) is 7.73. The highest BCUT2D eigenvalue weighted by Gasteiger charge is 2.53. The molecule has 224 valence electrons. The Hall–Kier alpha value is -0.800. The minimum absolute atomic E-state index is 0.0196. The SMILES string of the molecule is C=C(C)C(=O)COC1CC(C)(CC)N(SSN2C(C)(CC)CC(OC(=O)C(=C)C)CC2(C)CC)C(C)(CC)C1. The predicted octanol–water partition coefficient (Wildman–Crippen LogP) is 8.08. The Kier molecular flexibility index (Phi) is 11.9. The van der Waals surface area contributed by atoms with Gasteiger partial charge in [-0.15, -0.1) is 0 Å². The average molecular weight is 583 g/mol. The van der Waals surface area contributed by atoms with Crippen LogP contribution in [0.25, 0.3) is 0 Å². The number of hydrogen-bond acceptors (Lipinski definition) is 8. The second-order valence-electron chi connectivity index (χ2n) is 12.9. The molecule has 4 atom stereocenters. The Morgan fingerprint density at radius 1 is 0.718 bits per heavy atom. The van der Waals surface area contributed by atoms with E-state index < -0.39 is 0 Å². The molecular formula is C31H54N2O4S2. The van der Waals surface area contributed by atoms with Gasteiger partial charge in [-0.1, -0.05) is 40.9 Å². The summed E-state index contributed by atoms with van der Waals surface area (Å²) < 4.78 is 17.4. The van der Waals surface area contributed by atoms with Crippen LogP contribution in [0.3, 0.4) is 0 Å². The van der Waals surface area contributed by atoms with Crippen LogP contribution in [0.2, 0.25) is 0 Å². The second-order valence-corrected chi connectivity index (χ2v) is 14.8. The summed E-state index contributed by atoms with van der Waals surface area (Å²) in [6, 6.07) is 0.